The number of carbonyl (C=O) groups excluding carboxylic acids is 1. The molecule has 0 radical (unpaired) electrons. The summed E-state index contributed by atoms with van der Waals surface area (Å²) in [4.78, 5) is 15.2. The zero-order chi connectivity index (χ0) is 22.2. The van der Waals surface area contributed by atoms with E-state index in [-0.39, 0.29) is 11.5 Å². The van der Waals surface area contributed by atoms with Crippen molar-refractivity contribution in [3.63, 3.8) is 0 Å². The predicted molar refractivity (Wildman–Crippen MR) is 126 cm³/mol. The van der Waals surface area contributed by atoms with Gasteiger partial charge in [0.25, 0.3) is 0 Å². The minimum absolute atomic E-state index is 0.153. The molecule has 162 valence electrons. The van der Waals surface area contributed by atoms with E-state index in [1.807, 2.05) is 48.5 Å². The molecule has 0 unspecified atom stereocenters. The van der Waals surface area contributed by atoms with Crippen LogP contribution in [-0.4, -0.2) is 24.5 Å². The molecule has 3 aromatic carbocycles. The van der Waals surface area contributed by atoms with Crippen LogP contribution in [0.25, 0.3) is 6.08 Å². The van der Waals surface area contributed by atoms with Crippen molar-refractivity contribution in [1.82, 2.24) is 4.90 Å². The third-order valence-electron chi connectivity index (χ3n) is 5.48. The highest BCUT2D eigenvalue weighted by Crippen LogP contribution is 2.42. The highest BCUT2D eigenvalue weighted by molar-refractivity contribution is 9.10. The van der Waals surface area contributed by atoms with Crippen LogP contribution >= 0.6 is 27.5 Å². The van der Waals surface area contributed by atoms with Gasteiger partial charge in [-0.15, -0.1) is 0 Å². The van der Waals surface area contributed by atoms with Crippen molar-refractivity contribution in [3.8, 4) is 17.2 Å². The van der Waals surface area contributed by atoms with Crippen molar-refractivity contribution in [2.24, 2.45) is 0 Å². The summed E-state index contributed by atoms with van der Waals surface area (Å²) in [5, 5.41) is 0.708. The number of allylic oxidation sites excluding steroid dienone is 1. The van der Waals surface area contributed by atoms with Gasteiger partial charge in [-0.3, -0.25) is 9.69 Å². The van der Waals surface area contributed by atoms with Crippen LogP contribution in [0.4, 0.5) is 0 Å². The molecule has 0 atom stereocenters. The van der Waals surface area contributed by atoms with Gasteiger partial charge >= 0.3 is 0 Å². The van der Waals surface area contributed by atoms with E-state index in [9.17, 15) is 4.79 Å². The Hall–Kier alpha value is -2.80. The van der Waals surface area contributed by atoms with Gasteiger partial charge < -0.3 is 14.2 Å². The molecular weight excluding hydrogens is 494 g/mol. The molecule has 0 bridgehead atoms. The van der Waals surface area contributed by atoms with Crippen molar-refractivity contribution in [2.45, 2.75) is 13.1 Å². The number of hydrogen-bond donors (Lipinski definition) is 0. The van der Waals surface area contributed by atoms with Gasteiger partial charge in [0.1, 0.15) is 24.0 Å². The van der Waals surface area contributed by atoms with Crippen molar-refractivity contribution in [2.75, 3.05) is 13.8 Å². The molecule has 0 N–H and O–H groups in total. The number of ether oxygens (including phenoxy) is 3. The fourth-order valence-corrected chi connectivity index (χ4v) is 4.42. The molecule has 5 rings (SSSR count). The van der Waals surface area contributed by atoms with E-state index in [1.165, 1.54) is 0 Å². The molecule has 2 aliphatic heterocycles. The first-order valence-corrected chi connectivity index (χ1v) is 11.2. The highest BCUT2D eigenvalue weighted by Gasteiger charge is 2.33. The molecule has 0 saturated carbocycles. The van der Waals surface area contributed by atoms with Crippen LogP contribution in [0.15, 0.2) is 64.8 Å². The van der Waals surface area contributed by atoms with Crippen molar-refractivity contribution in [1.29, 1.82) is 0 Å². The molecule has 5 nitrogen and oxygen atoms in total. The van der Waals surface area contributed by atoms with Crippen LogP contribution < -0.4 is 14.2 Å². The molecule has 32 heavy (non-hydrogen) atoms. The number of methoxy groups -OCH3 is 1. The fourth-order valence-electron chi connectivity index (χ4n) is 3.91. The SMILES string of the molecule is COc1ccc(Br)cc1/C=C1\Oc2c(ccc3c2CN(Cc2ccc(Cl)cc2)CO3)C1=O. The molecule has 0 spiro atoms. The standard InChI is InChI=1S/C25H19BrClNO4/c1-30-21-8-4-17(26)10-16(21)11-23-24(29)19-7-9-22-20(25(19)32-23)13-28(14-31-22)12-15-2-5-18(27)6-3-15/h2-11H,12-14H2,1H3/b23-11-. The first kappa shape index (κ1) is 21.1. The third-order valence-corrected chi connectivity index (χ3v) is 6.23. The number of rotatable bonds is 4. The van der Waals surface area contributed by atoms with E-state index in [4.69, 9.17) is 25.8 Å². The van der Waals surface area contributed by atoms with Gasteiger partial charge in [-0.1, -0.05) is 39.7 Å². The summed E-state index contributed by atoms with van der Waals surface area (Å²) < 4.78 is 18.4. The lowest BCUT2D eigenvalue weighted by Gasteiger charge is -2.29. The summed E-state index contributed by atoms with van der Waals surface area (Å²) in [6.07, 6.45) is 1.72. The van der Waals surface area contributed by atoms with Crippen LogP contribution in [-0.2, 0) is 13.1 Å². The van der Waals surface area contributed by atoms with Crippen LogP contribution in [0.3, 0.4) is 0 Å². The lowest BCUT2D eigenvalue weighted by atomic mass is 10.0. The number of benzene rings is 3. The Bertz CT molecular complexity index is 1240. The van der Waals surface area contributed by atoms with E-state index in [2.05, 4.69) is 20.8 Å². The van der Waals surface area contributed by atoms with Gasteiger partial charge in [0.05, 0.1) is 18.2 Å². The molecule has 0 aliphatic carbocycles. The molecule has 0 fully saturated rings. The average Bonchev–Trinajstić information content (AvgIpc) is 3.11. The number of halogens is 2. The van der Waals surface area contributed by atoms with Crippen LogP contribution in [0.5, 0.6) is 17.2 Å². The first-order valence-electron chi connectivity index (χ1n) is 10.0. The molecule has 2 aliphatic rings. The zero-order valence-corrected chi connectivity index (χ0v) is 19.6. The molecular formula is C25H19BrClNO4. The summed E-state index contributed by atoms with van der Waals surface area (Å²) in [6.45, 7) is 1.77. The fraction of sp³-hybridized carbons (Fsp3) is 0.160. The van der Waals surface area contributed by atoms with E-state index in [0.29, 0.717) is 41.9 Å². The van der Waals surface area contributed by atoms with E-state index < -0.39 is 0 Å². The second-order valence-corrected chi connectivity index (χ2v) is 8.98. The van der Waals surface area contributed by atoms with Gasteiger partial charge in [-0.2, -0.15) is 0 Å². The minimum atomic E-state index is -0.153. The van der Waals surface area contributed by atoms with Gasteiger partial charge in [0.2, 0.25) is 5.78 Å². The quantitative estimate of drug-likeness (QED) is 0.397. The molecule has 3 aromatic rings. The Morgan fingerprint density at radius 3 is 2.75 bits per heavy atom. The Morgan fingerprint density at radius 2 is 1.97 bits per heavy atom. The average molecular weight is 513 g/mol. The minimum Gasteiger partial charge on any atom is -0.496 e. The topological polar surface area (TPSA) is 48.0 Å². The Labute approximate surface area is 199 Å². The van der Waals surface area contributed by atoms with Crippen molar-refractivity contribution in [3.05, 3.63) is 92.1 Å². The van der Waals surface area contributed by atoms with Crippen LogP contribution in [0.2, 0.25) is 5.02 Å². The third kappa shape index (κ3) is 4.01. The maximum Gasteiger partial charge on any atom is 0.231 e. The van der Waals surface area contributed by atoms with E-state index in [1.54, 1.807) is 19.3 Å². The maximum atomic E-state index is 13.1. The van der Waals surface area contributed by atoms with E-state index in [0.717, 1.165) is 26.9 Å². The first-order chi connectivity index (χ1) is 15.5. The summed E-state index contributed by atoms with van der Waals surface area (Å²) in [5.74, 6) is 2.07. The lowest BCUT2D eigenvalue weighted by Crippen LogP contribution is -2.31. The van der Waals surface area contributed by atoms with Crippen LogP contribution in [0.1, 0.15) is 27.0 Å². The molecule has 2 heterocycles. The number of hydrogen-bond acceptors (Lipinski definition) is 5. The number of fused-ring (bicyclic) bond motifs is 3. The molecule has 0 amide bonds. The maximum absolute atomic E-state index is 13.1. The summed E-state index contributed by atoms with van der Waals surface area (Å²) in [7, 11) is 1.60. The van der Waals surface area contributed by atoms with Crippen LogP contribution in [0, 0.1) is 0 Å². The Morgan fingerprint density at radius 1 is 1.16 bits per heavy atom. The van der Waals surface area contributed by atoms with Gasteiger partial charge in [0.15, 0.2) is 5.76 Å². The van der Waals surface area contributed by atoms with E-state index >= 15 is 0 Å². The largest absolute Gasteiger partial charge is 0.496 e. The van der Waals surface area contributed by atoms with Gasteiger partial charge in [-0.05, 0) is 54.1 Å². The Balaban J connectivity index is 1.44. The van der Waals surface area contributed by atoms with Gasteiger partial charge in [0, 0.05) is 28.1 Å². The second-order valence-electron chi connectivity index (χ2n) is 7.63. The summed E-state index contributed by atoms with van der Waals surface area (Å²) in [6, 6.07) is 17.0. The van der Waals surface area contributed by atoms with Crippen molar-refractivity contribution < 1.29 is 19.0 Å². The highest BCUT2D eigenvalue weighted by atomic mass is 79.9. The smallest absolute Gasteiger partial charge is 0.231 e. The summed E-state index contributed by atoms with van der Waals surface area (Å²) in [5.41, 5.74) is 3.31. The van der Waals surface area contributed by atoms with Crippen molar-refractivity contribution >= 4 is 39.4 Å². The number of Topliss-reactive ketones (excluding diaryl/α,β-unsaturated/α-hetero) is 1. The molecule has 7 heteroatoms. The number of nitrogens with zero attached hydrogens (tertiary/aromatic N) is 1. The zero-order valence-electron chi connectivity index (χ0n) is 17.2. The summed E-state index contributed by atoms with van der Waals surface area (Å²) >= 11 is 9.46. The molecule has 0 aromatic heterocycles. The predicted octanol–water partition coefficient (Wildman–Crippen LogP) is 6.08. The Kier molecular flexibility index (Phi) is 5.67. The number of ketones is 1. The van der Waals surface area contributed by atoms with Gasteiger partial charge in [-0.25, -0.2) is 0 Å². The number of carbonyl (C=O) groups is 1. The molecule has 0 saturated heterocycles. The normalized spacial score (nSPS) is 16.3. The lowest BCUT2D eigenvalue weighted by molar-refractivity contribution is 0.0873. The monoisotopic (exact) mass is 511 g/mol. The second kappa shape index (κ2) is 8.62.